The van der Waals surface area contributed by atoms with E-state index in [1.54, 1.807) is 12.3 Å². The first kappa shape index (κ1) is 26.4. The number of hydrogen-bond acceptors (Lipinski definition) is 8. The van der Waals surface area contributed by atoms with Gasteiger partial charge in [-0.05, 0) is 75.2 Å². The van der Waals surface area contributed by atoms with E-state index >= 15 is 0 Å². The van der Waals surface area contributed by atoms with Crippen molar-refractivity contribution < 1.29 is 14.3 Å². The number of amides is 1. The van der Waals surface area contributed by atoms with Gasteiger partial charge in [0.15, 0.2) is 11.4 Å². The molecular formula is C30H31ClN6O3. The van der Waals surface area contributed by atoms with Gasteiger partial charge in [-0.3, -0.25) is 4.79 Å². The van der Waals surface area contributed by atoms with Crippen molar-refractivity contribution in [1.82, 2.24) is 20.6 Å². The number of rotatable bonds is 8. The summed E-state index contributed by atoms with van der Waals surface area (Å²) in [4.78, 5) is 24.7. The molecule has 2 N–H and O–H groups in total. The predicted molar refractivity (Wildman–Crippen MR) is 152 cm³/mol. The highest BCUT2D eigenvalue weighted by molar-refractivity contribution is 6.30. The number of nitriles is 1. The fraction of sp³-hybridized carbons (Fsp3) is 0.400. The molecule has 6 rings (SSSR count). The van der Waals surface area contributed by atoms with Crippen molar-refractivity contribution in [3.8, 4) is 29.0 Å². The van der Waals surface area contributed by atoms with Crippen LogP contribution in [0.1, 0.15) is 42.2 Å². The topological polar surface area (TPSA) is 112 Å². The first-order chi connectivity index (χ1) is 19.5. The van der Waals surface area contributed by atoms with Crippen LogP contribution in [0.5, 0.6) is 11.6 Å². The highest BCUT2D eigenvalue weighted by Crippen LogP contribution is 2.51. The lowest BCUT2D eigenvalue weighted by molar-refractivity contribution is -0.0344. The molecule has 1 spiro atoms. The molecule has 1 saturated carbocycles. The second-order valence-corrected chi connectivity index (χ2v) is 11.2. The standard InChI is InChI=1S/C30H31ClN6O3/c1-2-39-29-23(4-3-10-34-29)24-6-8-26(27(36-24)28(38)35-21-9-11-33-16-21)40-22-13-30(14-22)17-37(18-30)25-7-5-20(31)12-19(25)15-32/h3-8,10,12,21-22,33H,2,9,11,13-14,16-18H2,1H3,(H,35,38)/t21-/m1/s1. The number of pyridine rings is 2. The number of benzene rings is 1. The molecule has 1 atom stereocenters. The Morgan fingerprint density at radius 1 is 1.27 bits per heavy atom. The van der Waals surface area contributed by atoms with Gasteiger partial charge in [-0.25, -0.2) is 9.97 Å². The average Bonchev–Trinajstić information content (AvgIpc) is 3.43. The van der Waals surface area contributed by atoms with Crippen LogP contribution in [0.15, 0.2) is 48.7 Å². The average molecular weight is 559 g/mol. The third-order valence-corrected chi connectivity index (χ3v) is 8.12. The van der Waals surface area contributed by atoms with Gasteiger partial charge in [0.2, 0.25) is 5.88 Å². The van der Waals surface area contributed by atoms with Crippen LogP contribution in [-0.4, -0.2) is 60.8 Å². The quantitative estimate of drug-likeness (QED) is 0.423. The molecule has 4 heterocycles. The summed E-state index contributed by atoms with van der Waals surface area (Å²) >= 11 is 6.07. The van der Waals surface area contributed by atoms with E-state index in [2.05, 4.69) is 26.6 Å². The molecule has 9 nitrogen and oxygen atoms in total. The van der Waals surface area contributed by atoms with Crippen molar-refractivity contribution in [3.63, 3.8) is 0 Å². The number of nitrogens with one attached hydrogen (secondary N) is 2. The molecule has 10 heteroatoms. The van der Waals surface area contributed by atoms with Crippen molar-refractivity contribution in [2.24, 2.45) is 5.41 Å². The molecular weight excluding hydrogens is 528 g/mol. The molecule has 2 saturated heterocycles. The summed E-state index contributed by atoms with van der Waals surface area (Å²) < 4.78 is 12.1. The molecule has 0 bridgehead atoms. The minimum atomic E-state index is -0.247. The normalized spacial score (nSPS) is 19.4. The van der Waals surface area contributed by atoms with Gasteiger partial charge < -0.3 is 25.0 Å². The number of nitrogens with zero attached hydrogens (tertiary/aromatic N) is 4. The summed E-state index contributed by atoms with van der Waals surface area (Å²) in [6, 6.07) is 15.2. The first-order valence-electron chi connectivity index (χ1n) is 13.7. The van der Waals surface area contributed by atoms with Gasteiger partial charge in [-0.2, -0.15) is 5.26 Å². The van der Waals surface area contributed by atoms with Gasteiger partial charge in [-0.1, -0.05) is 11.6 Å². The van der Waals surface area contributed by atoms with Gasteiger partial charge in [0.1, 0.15) is 12.2 Å². The third kappa shape index (κ3) is 5.17. The maximum atomic E-state index is 13.4. The van der Waals surface area contributed by atoms with Crippen LogP contribution in [0.4, 0.5) is 5.69 Å². The van der Waals surface area contributed by atoms with Crippen molar-refractivity contribution in [2.75, 3.05) is 37.7 Å². The van der Waals surface area contributed by atoms with Crippen LogP contribution in [-0.2, 0) is 0 Å². The van der Waals surface area contributed by atoms with Crippen LogP contribution in [0.25, 0.3) is 11.3 Å². The zero-order valence-corrected chi connectivity index (χ0v) is 23.1. The largest absolute Gasteiger partial charge is 0.488 e. The van der Waals surface area contributed by atoms with E-state index in [4.69, 9.17) is 26.1 Å². The second kappa shape index (κ2) is 11.0. The smallest absolute Gasteiger partial charge is 0.274 e. The van der Waals surface area contributed by atoms with Crippen LogP contribution in [0.3, 0.4) is 0 Å². The Hall–Kier alpha value is -3.87. The van der Waals surface area contributed by atoms with Gasteiger partial charge in [0, 0.05) is 42.3 Å². The molecule has 3 fully saturated rings. The molecule has 1 amide bonds. The third-order valence-electron chi connectivity index (χ3n) is 7.88. The summed E-state index contributed by atoms with van der Waals surface area (Å²) in [5.41, 5.74) is 3.27. The Kier molecular flexibility index (Phi) is 7.22. The number of aromatic nitrogens is 2. The number of halogens is 1. The van der Waals surface area contributed by atoms with Crippen molar-refractivity contribution in [2.45, 2.75) is 38.3 Å². The van der Waals surface area contributed by atoms with E-state index in [1.165, 1.54) is 0 Å². The van der Waals surface area contributed by atoms with E-state index < -0.39 is 0 Å². The zero-order chi connectivity index (χ0) is 27.7. The summed E-state index contributed by atoms with van der Waals surface area (Å²) in [5, 5.41) is 16.5. The van der Waals surface area contributed by atoms with Crippen molar-refractivity contribution >= 4 is 23.2 Å². The Bertz CT molecular complexity index is 1450. The first-order valence-corrected chi connectivity index (χ1v) is 14.1. The fourth-order valence-corrected chi connectivity index (χ4v) is 6.13. The maximum Gasteiger partial charge on any atom is 0.274 e. The highest BCUT2D eigenvalue weighted by atomic mass is 35.5. The number of ether oxygens (including phenoxy) is 2. The molecule has 1 aliphatic carbocycles. The summed E-state index contributed by atoms with van der Waals surface area (Å²) in [6.07, 6.45) is 4.31. The molecule has 206 valence electrons. The number of carbonyl (C=O) groups excluding carboxylic acids is 1. The van der Waals surface area contributed by atoms with Gasteiger partial charge in [0.05, 0.1) is 29.1 Å². The molecule has 0 unspecified atom stereocenters. The lowest BCUT2D eigenvalue weighted by Crippen LogP contribution is -2.65. The molecule has 3 aromatic rings. The second-order valence-electron chi connectivity index (χ2n) is 10.8. The summed E-state index contributed by atoms with van der Waals surface area (Å²) in [5.74, 6) is 0.714. The van der Waals surface area contributed by atoms with Crippen LogP contribution >= 0.6 is 11.6 Å². The number of anilines is 1. The molecule has 2 aliphatic heterocycles. The molecule has 0 radical (unpaired) electrons. The lowest BCUT2D eigenvalue weighted by atomic mass is 9.61. The van der Waals surface area contributed by atoms with E-state index in [0.29, 0.717) is 34.5 Å². The van der Waals surface area contributed by atoms with Gasteiger partial charge >= 0.3 is 0 Å². The van der Waals surface area contributed by atoms with Gasteiger partial charge in [0.25, 0.3) is 5.91 Å². The maximum absolute atomic E-state index is 13.4. The van der Waals surface area contributed by atoms with Gasteiger partial charge in [-0.15, -0.1) is 0 Å². The minimum absolute atomic E-state index is 0.00692. The number of carbonyl (C=O) groups is 1. The van der Waals surface area contributed by atoms with E-state index in [1.807, 2.05) is 43.3 Å². The molecule has 2 aromatic heterocycles. The zero-order valence-electron chi connectivity index (χ0n) is 22.3. The highest BCUT2D eigenvalue weighted by Gasteiger charge is 2.54. The fourth-order valence-electron chi connectivity index (χ4n) is 5.96. The molecule has 40 heavy (non-hydrogen) atoms. The monoisotopic (exact) mass is 558 g/mol. The molecule has 1 aromatic carbocycles. The summed E-state index contributed by atoms with van der Waals surface area (Å²) in [7, 11) is 0. The van der Waals surface area contributed by atoms with Crippen LogP contribution in [0, 0.1) is 16.7 Å². The van der Waals surface area contributed by atoms with E-state index in [-0.39, 0.29) is 29.2 Å². The van der Waals surface area contributed by atoms with Crippen molar-refractivity contribution in [3.05, 3.63) is 64.9 Å². The SMILES string of the molecule is CCOc1ncccc1-c1ccc(OC2CC3(C2)CN(c2ccc(Cl)cc2C#N)C3)c(C(=O)N[C@@H]2CCNC2)n1. The van der Waals surface area contributed by atoms with Crippen LogP contribution in [0.2, 0.25) is 5.02 Å². The predicted octanol–water partition coefficient (Wildman–Crippen LogP) is 4.21. The van der Waals surface area contributed by atoms with E-state index in [9.17, 15) is 10.1 Å². The Morgan fingerprint density at radius 3 is 2.88 bits per heavy atom. The molecule has 3 aliphatic rings. The van der Waals surface area contributed by atoms with Crippen LogP contribution < -0.4 is 25.0 Å². The van der Waals surface area contributed by atoms with Crippen molar-refractivity contribution in [1.29, 1.82) is 5.26 Å². The Labute approximate surface area is 238 Å². The Balaban J connectivity index is 1.18. The number of hydrogen-bond donors (Lipinski definition) is 2. The lowest BCUT2D eigenvalue weighted by Gasteiger charge is -2.59. The Morgan fingerprint density at radius 2 is 2.12 bits per heavy atom. The minimum Gasteiger partial charge on any atom is -0.488 e. The van der Waals surface area contributed by atoms with E-state index in [0.717, 1.165) is 56.7 Å². The summed E-state index contributed by atoms with van der Waals surface area (Å²) in [6.45, 7) is 5.73.